The SMILES string of the molecule is CCCCCC(=O)CCOCc1ccccc1. The van der Waals surface area contributed by atoms with Crippen LogP contribution >= 0.6 is 0 Å². The van der Waals surface area contributed by atoms with E-state index in [-0.39, 0.29) is 0 Å². The number of hydrogen-bond donors (Lipinski definition) is 0. The van der Waals surface area contributed by atoms with Gasteiger partial charge in [0, 0.05) is 12.8 Å². The number of rotatable bonds is 9. The van der Waals surface area contributed by atoms with Gasteiger partial charge in [0.05, 0.1) is 13.2 Å². The molecule has 0 saturated heterocycles. The summed E-state index contributed by atoms with van der Waals surface area (Å²) in [5, 5.41) is 0. The Morgan fingerprint density at radius 2 is 1.88 bits per heavy atom. The van der Waals surface area contributed by atoms with Gasteiger partial charge in [-0.3, -0.25) is 4.79 Å². The highest BCUT2D eigenvalue weighted by molar-refractivity contribution is 5.78. The predicted octanol–water partition coefficient (Wildman–Crippen LogP) is 3.74. The molecule has 0 radical (unpaired) electrons. The van der Waals surface area contributed by atoms with Crippen LogP contribution in [-0.4, -0.2) is 12.4 Å². The summed E-state index contributed by atoms with van der Waals surface area (Å²) in [5.74, 6) is 0.325. The Hall–Kier alpha value is -1.15. The van der Waals surface area contributed by atoms with Gasteiger partial charge in [-0.1, -0.05) is 50.1 Å². The molecule has 0 fully saturated rings. The standard InChI is InChI=1S/C15H22O2/c1-2-3-5-10-15(16)11-12-17-13-14-8-6-4-7-9-14/h4,6-9H,2-3,5,10-13H2,1H3. The molecule has 0 bridgehead atoms. The largest absolute Gasteiger partial charge is 0.376 e. The van der Waals surface area contributed by atoms with E-state index in [1.54, 1.807) is 0 Å². The van der Waals surface area contributed by atoms with Crippen molar-refractivity contribution in [1.29, 1.82) is 0 Å². The van der Waals surface area contributed by atoms with Crippen LogP contribution in [0.5, 0.6) is 0 Å². The normalized spacial score (nSPS) is 10.4. The van der Waals surface area contributed by atoms with Crippen molar-refractivity contribution in [2.45, 2.75) is 45.6 Å². The van der Waals surface area contributed by atoms with Crippen LogP contribution in [0.4, 0.5) is 0 Å². The van der Waals surface area contributed by atoms with E-state index in [2.05, 4.69) is 6.92 Å². The molecule has 2 heteroatoms. The molecule has 94 valence electrons. The fourth-order valence-corrected chi connectivity index (χ4v) is 1.65. The average molecular weight is 234 g/mol. The lowest BCUT2D eigenvalue weighted by Crippen LogP contribution is -2.04. The molecule has 0 unspecified atom stereocenters. The molecule has 0 aliphatic carbocycles. The summed E-state index contributed by atoms with van der Waals surface area (Å²) in [7, 11) is 0. The Morgan fingerprint density at radius 3 is 2.59 bits per heavy atom. The zero-order valence-electron chi connectivity index (χ0n) is 10.7. The second-order valence-corrected chi connectivity index (χ2v) is 4.28. The molecular formula is C15H22O2. The highest BCUT2D eigenvalue weighted by Crippen LogP contribution is 2.04. The minimum absolute atomic E-state index is 0.325. The molecule has 0 aromatic heterocycles. The smallest absolute Gasteiger partial charge is 0.135 e. The molecule has 0 amide bonds. The first-order valence-corrected chi connectivity index (χ1v) is 6.46. The van der Waals surface area contributed by atoms with E-state index >= 15 is 0 Å². The number of benzene rings is 1. The zero-order valence-corrected chi connectivity index (χ0v) is 10.7. The van der Waals surface area contributed by atoms with Crippen LogP contribution in [0, 0.1) is 0 Å². The molecular weight excluding hydrogens is 212 g/mol. The summed E-state index contributed by atoms with van der Waals surface area (Å²) >= 11 is 0. The number of unbranched alkanes of at least 4 members (excludes halogenated alkanes) is 2. The third-order valence-electron chi connectivity index (χ3n) is 2.70. The molecule has 0 aliphatic heterocycles. The van der Waals surface area contributed by atoms with Crippen LogP contribution in [0.3, 0.4) is 0 Å². The fraction of sp³-hybridized carbons (Fsp3) is 0.533. The molecule has 0 heterocycles. The molecule has 0 spiro atoms. The minimum atomic E-state index is 0.325. The molecule has 0 N–H and O–H groups in total. The Kier molecular flexibility index (Phi) is 7.32. The van der Waals surface area contributed by atoms with E-state index in [9.17, 15) is 4.79 Å². The van der Waals surface area contributed by atoms with Gasteiger partial charge in [-0.25, -0.2) is 0 Å². The topological polar surface area (TPSA) is 26.3 Å². The van der Waals surface area contributed by atoms with Crippen LogP contribution in [0.15, 0.2) is 30.3 Å². The van der Waals surface area contributed by atoms with Crippen molar-refractivity contribution in [3.05, 3.63) is 35.9 Å². The first-order valence-electron chi connectivity index (χ1n) is 6.46. The summed E-state index contributed by atoms with van der Waals surface area (Å²) in [5.41, 5.74) is 1.16. The van der Waals surface area contributed by atoms with E-state index in [1.165, 1.54) is 0 Å². The molecule has 0 atom stereocenters. The predicted molar refractivity (Wildman–Crippen MR) is 69.9 cm³/mol. The quantitative estimate of drug-likeness (QED) is 0.608. The number of Topliss-reactive ketones (excluding diaryl/α,β-unsaturated/α-hetero) is 1. The van der Waals surface area contributed by atoms with Gasteiger partial charge in [0.1, 0.15) is 5.78 Å². The van der Waals surface area contributed by atoms with E-state index in [0.29, 0.717) is 31.8 Å². The van der Waals surface area contributed by atoms with Crippen LogP contribution < -0.4 is 0 Å². The summed E-state index contributed by atoms with van der Waals surface area (Å²) in [6.07, 6.45) is 4.60. The fourth-order valence-electron chi connectivity index (χ4n) is 1.65. The Labute approximate surface area is 104 Å². The number of ether oxygens (including phenoxy) is 1. The Balaban J connectivity index is 2.02. The summed E-state index contributed by atoms with van der Waals surface area (Å²) in [4.78, 5) is 11.4. The lowest BCUT2D eigenvalue weighted by molar-refractivity contribution is -0.120. The van der Waals surface area contributed by atoms with Gasteiger partial charge in [-0.15, -0.1) is 0 Å². The van der Waals surface area contributed by atoms with Crippen LogP contribution in [0.2, 0.25) is 0 Å². The van der Waals surface area contributed by atoms with Crippen molar-refractivity contribution in [3.63, 3.8) is 0 Å². The van der Waals surface area contributed by atoms with E-state index < -0.39 is 0 Å². The van der Waals surface area contributed by atoms with E-state index in [4.69, 9.17) is 4.74 Å². The number of carbonyl (C=O) groups excluding carboxylic acids is 1. The van der Waals surface area contributed by atoms with E-state index in [1.807, 2.05) is 30.3 Å². The molecule has 2 nitrogen and oxygen atoms in total. The first-order chi connectivity index (χ1) is 8.33. The number of hydrogen-bond acceptors (Lipinski definition) is 2. The summed E-state index contributed by atoms with van der Waals surface area (Å²) in [6, 6.07) is 10.0. The average Bonchev–Trinajstić information content (AvgIpc) is 2.36. The second-order valence-electron chi connectivity index (χ2n) is 4.28. The molecule has 1 aromatic rings. The second kappa shape index (κ2) is 8.94. The highest BCUT2D eigenvalue weighted by Gasteiger charge is 2.01. The van der Waals surface area contributed by atoms with Crippen molar-refractivity contribution in [2.24, 2.45) is 0 Å². The third kappa shape index (κ3) is 6.90. The lowest BCUT2D eigenvalue weighted by atomic mass is 10.1. The first kappa shape index (κ1) is 13.9. The van der Waals surface area contributed by atoms with Crippen molar-refractivity contribution in [3.8, 4) is 0 Å². The maximum absolute atomic E-state index is 11.4. The van der Waals surface area contributed by atoms with Gasteiger partial charge >= 0.3 is 0 Å². The Morgan fingerprint density at radius 1 is 1.12 bits per heavy atom. The minimum Gasteiger partial charge on any atom is -0.376 e. The zero-order chi connectivity index (χ0) is 12.3. The summed E-state index contributed by atoms with van der Waals surface area (Å²) in [6.45, 7) is 3.29. The maximum Gasteiger partial charge on any atom is 0.135 e. The van der Waals surface area contributed by atoms with Gasteiger partial charge < -0.3 is 4.74 Å². The third-order valence-corrected chi connectivity index (χ3v) is 2.70. The number of carbonyl (C=O) groups is 1. The number of ketones is 1. The van der Waals surface area contributed by atoms with Gasteiger partial charge in [-0.05, 0) is 12.0 Å². The summed E-state index contributed by atoms with van der Waals surface area (Å²) < 4.78 is 5.48. The van der Waals surface area contributed by atoms with Crippen LogP contribution in [0.1, 0.15) is 44.6 Å². The van der Waals surface area contributed by atoms with Gasteiger partial charge in [0.2, 0.25) is 0 Å². The molecule has 0 aliphatic rings. The van der Waals surface area contributed by atoms with Gasteiger partial charge in [0.25, 0.3) is 0 Å². The van der Waals surface area contributed by atoms with Gasteiger partial charge in [0.15, 0.2) is 0 Å². The lowest BCUT2D eigenvalue weighted by Gasteiger charge is -2.04. The Bertz CT molecular complexity index is 306. The molecule has 1 rings (SSSR count). The van der Waals surface area contributed by atoms with Crippen molar-refractivity contribution >= 4 is 5.78 Å². The molecule has 1 aromatic carbocycles. The highest BCUT2D eigenvalue weighted by atomic mass is 16.5. The van der Waals surface area contributed by atoms with Crippen LogP contribution in [-0.2, 0) is 16.1 Å². The van der Waals surface area contributed by atoms with Crippen molar-refractivity contribution in [1.82, 2.24) is 0 Å². The molecule has 17 heavy (non-hydrogen) atoms. The van der Waals surface area contributed by atoms with Crippen LogP contribution in [0.25, 0.3) is 0 Å². The monoisotopic (exact) mass is 234 g/mol. The maximum atomic E-state index is 11.4. The van der Waals surface area contributed by atoms with E-state index in [0.717, 1.165) is 24.8 Å². The van der Waals surface area contributed by atoms with Crippen molar-refractivity contribution in [2.75, 3.05) is 6.61 Å². The van der Waals surface area contributed by atoms with Gasteiger partial charge in [-0.2, -0.15) is 0 Å². The van der Waals surface area contributed by atoms with Crippen molar-refractivity contribution < 1.29 is 9.53 Å². The molecule has 0 saturated carbocycles.